The first-order chi connectivity index (χ1) is 8.36. The minimum absolute atomic E-state index is 0.152. The maximum absolute atomic E-state index is 10.9. The number of carbonyl (C=O) groups excluding carboxylic acids is 1. The molecule has 0 radical (unpaired) electrons. The van der Waals surface area contributed by atoms with E-state index in [2.05, 4.69) is 29.4 Å². The van der Waals surface area contributed by atoms with E-state index in [1.54, 1.807) is 12.1 Å². The molecule has 100 valence electrons. The monoisotopic (exact) mass is 251 g/mol. The van der Waals surface area contributed by atoms with Crippen LogP contribution in [0.4, 0.5) is 5.82 Å². The third kappa shape index (κ3) is 3.96. The van der Waals surface area contributed by atoms with Crippen molar-refractivity contribution in [1.82, 2.24) is 10.2 Å². The van der Waals surface area contributed by atoms with Crippen LogP contribution in [-0.2, 0) is 0 Å². The van der Waals surface area contributed by atoms with E-state index in [1.807, 2.05) is 6.92 Å². The van der Waals surface area contributed by atoms with Crippen LogP contribution in [0.1, 0.15) is 37.7 Å². The van der Waals surface area contributed by atoms with E-state index < -0.39 is 5.91 Å². The van der Waals surface area contributed by atoms with Crippen LogP contribution in [0.25, 0.3) is 0 Å². The van der Waals surface area contributed by atoms with Crippen LogP contribution in [0, 0.1) is 5.92 Å². The number of hydrogen-bond acceptors (Lipinski definition) is 5. The standard InChI is InChI=1S/C12H21N5O/c1-8(2)6-12(3,7-13)15-10-5-4-9(11(14)18)16-17-10/h4-5,8H,6-7,13H2,1-3H3,(H2,14,18)(H,15,17). The smallest absolute Gasteiger partial charge is 0.269 e. The number of anilines is 1. The Hall–Kier alpha value is -1.69. The topological polar surface area (TPSA) is 107 Å². The highest BCUT2D eigenvalue weighted by atomic mass is 16.1. The Morgan fingerprint density at radius 2 is 2.11 bits per heavy atom. The molecule has 6 nitrogen and oxygen atoms in total. The van der Waals surface area contributed by atoms with Crippen molar-refractivity contribution in [3.63, 3.8) is 0 Å². The average Bonchev–Trinajstić information content (AvgIpc) is 2.28. The summed E-state index contributed by atoms with van der Waals surface area (Å²) < 4.78 is 0. The fourth-order valence-electron chi connectivity index (χ4n) is 1.93. The summed E-state index contributed by atoms with van der Waals surface area (Å²) in [5, 5.41) is 10.9. The summed E-state index contributed by atoms with van der Waals surface area (Å²) in [7, 11) is 0. The van der Waals surface area contributed by atoms with Crippen molar-refractivity contribution >= 4 is 11.7 Å². The summed E-state index contributed by atoms with van der Waals surface area (Å²) >= 11 is 0. The third-order valence-electron chi connectivity index (χ3n) is 2.66. The normalized spacial score (nSPS) is 14.3. The zero-order chi connectivity index (χ0) is 13.8. The molecule has 1 aromatic heterocycles. The molecule has 0 saturated carbocycles. The first kappa shape index (κ1) is 14.4. The highest BCUT2D eigenvalue weighted by Crippen LogP contribution is 2.20. The number of nitrogens with one attached hydrogen (secondary N) is 1. The maximum atomic E-state index is 10.9. The minimum Gasteiger partial charge on any atom is -0.364 e. The minimum atomic E-state index is -0.585. The van der Waals surface area contributed by atoms with E-state index in [4.69, 9.17) is 11.5 Å². The van der Waals surface area contributed by atoms with Crippen molar-refractivity contribution in [3.8, 4) is 0 Å². The Labute approximate surface area is 107 Å². The number of carbonyl (C=O) groups is 1. The summed E-state index contributed by atoms with van der Waals surface area (Å²) in [5.74, 6) is 0.523. The molecule has 0 bridgehead atoms. The van der Waals surface area contributed by atoms with Gasteiger partial charge in [-0.25, -0.2) is 0 Å². The van der Waals surface area contributed by atoms with Gasteiger partial charge in [-0.2, -0.15) is 0 Å². The van der Waals surface area contributed by atoms with Crippen LogP contribution in [0.3, 0.4) is 0 Å². The van der Waals surface area contributed by atoms with Gasteiger partial charge in [0, 0.05) is 12.1 Å². The number of nitrogens with zero attached hydrogens (tertiary/aromatic N) is 2. The van der Waals surface area contributed by atoms with Gasteiger partial charge in [0.15, 0.2) is 5.69 Å². The predicted molar refractivity (Wildman–Crippen MR) is 71.1 cm³/mol. The number of rotatable bonds is 6. The van der Waals surface area contributed by atoms with E-state index in [1.165, 1.54) is 0 Å². The lowest BCUT2D eigenvalue weighted by Crippen LogP contribution is -2.44. The van der Waals surface area contributed by atoms with E-state index >= 15 is 0 Å². The van der Waals surface area contributed by atoms with Crippen LogP contribution >= 0.6 is 0 Å². The molecule has 1 heterocycles. The second-order valence-corrected chi connectivity index (χ2v) is 5.16. The van der Waals surface area contributed by atoms with Gasteiger partial charge in [0.1, 0.15) is 5.82 Å². The SMILES string of the molecule is CC(C)CC(C)(CN)Nc1ccc(C(N)=O)nn1. The molecule has 0 aromatic carbocycles. The zero-order valence-corrected chi connectivity index (χ0v) is 11.1. The van der Waals surface area contributed by atoms with Crippen LogP contribution < -0.4 is 16.8 Å². The molecule has 6 heteroatoms. The Bertz CT molecular complexity index is 403. The Morgan fingerprint density at radius 3 is 2.50 bits per heavy atom. The lowest BCUT2D eigenvalue weighted by molar-refractivity contribution is 0.0994. The van der Waals surface area contributed by atoms with Gasteiger partial charge in [-0.15, -0.1) is 10.2 Å². The summed E-state index contributed by atoms with van der Waals surface area (Å²) in [6.45, 7) is 6.80. The molecular formula is C12H21N5O. The number of amides is 1. The first-order valence-electron chi connectivity index (χ1n) is 5.98. The zero-order valence-electron chi connectivity index (χ0n) is 11.1. The third-order valence-corrected chi connectivity index (χ3v) is 2.66. The van der Waals surface area contributed by atoms with Crippen molar-refractivity contribution in [2.24, 2.45) is 17.4 Å². The molecule has 0 fully saturated rings. The molecule has 18 heavy (non-hydrogen) atoms. The Kier molecular flexibility index (Phi) is 4.61. The molecular weight excluding hydrogens is 230 g/mol. The van der Waals surface area contributed by atoms with Crippen LogP contribution in [0.5, 0.6) is 0 Å². The summed E-state index contributed by atoms with van der Waals surface area (Å²) in [5.41, 5.74) is 10.8. The fourth-order valence-corrected chi connectivity index (χ4v) is 1.93. The van der Waals surface area contributed by atoms with E-state index in [9.17, 15) is 4.79 Å². The van der Waals surface area contributed by atoms with Crippen molar-refractivity contribution in [3.05, 3.63) is 17.8 Å². The molecule has 0 spiro atoms. The van der Waals surface area contributed by atoms with Crippen LogP contribution in [0.15, 0.2) is 12.1 Å². The molecule has 0 aliphatic rings. The van der Waals surface area contributed by atoms with Gasteiger partial charge in [0.2, 0.25) is 0 Å². The largest absolute Gasteiger partial charge is 0.364 e. The van der Waals surface area contributed by atoms with E-state index in [0.717, 1.165) is 6.42 Å². The van der Waals surface area contributed by atoms with Crippen LogP contribution in [-0.4, -0.2) is 28.2 Å². The maximum Gasteiger partial charge on any atom is 0.269 e. The number of primary amides is 1. The molecule has 0 aliphatic carbocycles. The van der Waals surface area contributed by atoms with Gasteiger partial charge in [0.05, 0.1) is 0 Å². The summed E-state index contributed by atoms with van der Waals surface area (Å²) in [6, 6.07) is 3.23. The van der Waals surface area contributed by atoms with E-state index in [0.29, 0.717) is 18.3 Å². The molecule has 1 rings (SSSR count). The summed E-state index contributed by atoms with van der Waals surface area (Å²) in [6.07, 6.45) is 0.919. The second-order valence-electron chi connectivity index (χ2n) is 5.16. The van der Waals surface area contributed by atoms with Crippen LogP contribution in [0.2, 0.25) is 0 Å². The highest BCUT2D eigenvalue weighted by Gasteiger charge is 2.24. The van der Waals surface area contributed by atoms with Gasteiger partial charge < -0.3 is 16.8 Å². The highest BCUT2D eigenvalue weighted by molar-refractivity contribution is 5.90. The van der Waals surface area contributed by atoms with Crippen molar-refractivity contribution in [1.29, 1.82) is 0 Å². The lowest BCUT2D eigenvalue weighted by Gasteiger charge is -2.31. The summed E-state index contributed by atoms with van der Waals surface area (Å²) in [4.78, 5) is 10.9. The van der Waals surface area contributed by atoms with Gasteiger partial charge in [-0.05, 0) is 31.4 Å². The lowest BCUT2D eigenvalue weighted by atomic mass is 9.91. The van der Waals surface area contributed by atoms with Gasteiger partial charge >= 0.3 is 0 Å². The van der Waals surface area contributed by atoms with Crippen molar-refractivity contribution in [2.45, 2.75) is 32.7 Å². The molecule has 0 aliphatic heterocycles. The molecule has 1 amide bonds. The second kappa shape index (κ2) is 5.77. The van der Waals surface area contributed by atoms with E-state index in [-0.39, 0.29) is 11.2 Å². The number of nitrogens with two attached hydrogens (primary N) is 2. The van der Waals surface area contributed by atoms with Crippen molar-refractivity contribution < 1.29 is 4.79 Å². The molecule has 1 atom stereocenters. The number of hydrogen-bond donors (Lipinski definition) is 3. The molecule has 0 saturated heterocycles. The van der Waals surface area contributed by atoms with Gasteiger partial charge in [-0.1, -0.05) is 13.8 Å². The van der Waals surface area contributed by atoms with Crippen molar-refractivity contribution in [2.75, 3.05) is 11.9 Å². The molecule has 1 unspecified atom stereocenters. The number of aromatic nitrogens is 2. The molecule has 1 aromatic rings. The first-order valence-corrected chi connectivity index (χ1v) is 5.98. The average molecular weight is 251 g/mol. The Morgan fingerprint density at radius 1 is 1.44 bits per heavy atom. The van der Waals surface area contributed by atoms with Gasteiger partial charge in [0.25, 0.3) is 5.91 Å². The fraction of sp³-hybridized carbons (Fsp3) is 0.583. The molecule has 5 N–H and O–H groups in total. The Balaban J connectivity index is 2.79. The quantitative estimate of drug-likeness (QED) is 0.691. The predicted octanol–water partition coefficient (Wildman–Crippen LogP) is 0.751. The van der Waals surface area contributed by atoms with Gasteiger partial charge in [-0.3, -0.25) is 4.79 Å².